The van der Waals surface area contributed by atoms with E-state index in [1.807, 2.05) is 54.6 Å². The number of benzene rings is 1. The molecule has 0 saturated carbocycles. The molecule has 0 spiro atoms. The topological polar surface area (TPSA) is 22.0 Å². The van der Waals surface area contributed by atoms with Crippen molar-refractivity contribution in [2.45, 2.75) is 6.92 Å². The van der Waals surface area contributed by atoms with E-state index in [2.05, 4.69) is 6.58 Å². The van der Waals surface area contributed by atoms with Crippen LogP contribution in [0.4, 0.5) is 0 Å². The maximum Gasteiger partial charge on any atom is 0.227 e. The molecule has 1 heterocycles. The van der Waals surface area contributed by atoms with Crippen molar-refractivity contribution >= 4 is 24.1 Å². The quantitative estimate of drug-likeness (QED) is 0.792. The summed E-state index contributed by atoms with van der Waals surface area (Å²) in [6.07, 6.45) is 7.51. The second kappa shape index (κ2) is 5.32. The van der Waals surface area contributed by atoms with Gasteiger partial charge in [0.1, 0.15) is 0 Å². The molecule has 0 radical (unpaired) electrons. The van der Waals surface area contributed by atoms with Crippen molar-refractivity contribution in [3.63, 3.8) is 0 Å². The summed E-state index contributed by atoms with van der Waals surface area (Å²) in [6, 6.07) is 11.8. The molecule has 2 rings (SSSR count). The Labute approximate surface area is 107 Å². The highest BCUT2D eigenvalue weighted by Crippen LogP contribution is 2.14. The minimum Gasteiger partial charge on any atom is -0.288 e. The summed E-state index contributed by atoms with van der Waals surface area (Å²) < 4.78 is 1.62. The van der Waals surface area contributed by atoms with Crippen molar-refractivity contribution in [1.82, 2.24) is 4.57 Å². The average Bonchev–Trinajstić information content (AvgIpc) is 2.85. The minimum atomic E-state index is 0.0108. The summed E-state index contributed by atoms with van der Waals surface area (Å²) in [5, 5.41) is 0. The third-order valence-electron chi connectivity index (χ3n) is 2.77. The highest BCUT2D eigenvalue weighted by Gasteiger charge is 2.01. The molecular weight excluding hydrogens is 222 g/mol. The Bertz CT molecular complexity index is 605. The van der Waals surface area contributed by atoms with Crippen LogP contribution in [0.2, 0.25) is 0 Å². The Kier molecular flexibility index (Phi) is 3.58. The molecule has 0 amide bonds. The first kappa shape index (κ1) is 12.1. The lowest BCUT2D eigenvalue weighted by atomic mass is 10.1. The zero-order valence-electron chi connectivity index (χ0n) is 10.3. The fraction of sp³-hybridized carbons (Fsp3) is 0.0625. The first-order chi connectivity index (χ1) is 8.72. The van der Waals surface area contributed by atoms with Gasteiger partial charge in [-0.15, -0.1) is 0 Å². The third kappa shape index (κ3) is 2.48. The zero-order chi connectivity index (χ0) is 13.0. The van der Waals surface area contributed by atoms with Crippen molar-refractivity contribution in [2.24, 2.45) is 0 Å². The number of hydrogen-bond donors (Lipinski definition) is 0. The van der Waals surface area contributed by atoms with Crippen LogP contribution in [-0.4, -0.2) is 10.5 Å². The van der Waals surface area contributed by atoms with Gasteiger partial charge in [0.25, 0.3) is 0 Å². The highest BCUT2D eigenvalue weighted by molar-refractivity contribution is 5.82. The molecule has 1 aromatic heterocycles. The molecule has 0 aliphatic rings. The number of nitrogens with zero attached hydrogens (tertiary/aromatic N) is 1. The predicted octanol–water partition coefficient (Wildman–Crippen LogP) is 3.96. The highest BCUT2D eigenvalue weighted by atomic mass is 16.1. The standard InChI is InChI=1S/C16H15NO/c1-3-14-7-4-5-8-15(14)10-11-16-9-6-12-17(16)13(2)18/h3-12H,1H2,2H3/b11-10-. The molecule has 90 valence electrons. The van der Waals surface area contributed by atoms with Crippen LogP contribution in [0.15, 0.2) is 49.2 Å². The van der Waals surface area contributed by atoms with Gasteiger partial charge in [0.15, 0.2) is 0 Å². The second-order valence-electron chi connectivity index (χ2n) is 3.99. The summed E-state index contributed by atoms with van der Waals surface area (Å²) in [6.45, 7) is 5.34. The maximum atomic E-state index is 11.4. The molecular formula is C16H15NO. The first-order valence-corrected chi connectivity index (χ1v) is 5.80. The van der Waals surface area contributed by atoms with E-state index in [0.717, 1.165) is 16.8 Å². The summed E-state index contributed by atoms with van der Waals surface area (Å²) in [5.41, 5.74) is 3.04. The van der Waals surface area contributed by atoms with Crippen LogP contribution in [0.25, 0.3) is 18.2 Å². The normalized spacial score (nSPS) is 10.7. The Balaban J connectivity index is 2.33. The molecule has 0 saturated heterocycles. The van der Waals surface area contributed by atoms with Crippen molar-refractivity contribution in [1.29, 1.82) is 0 Å². The van der Waals surface area contributed by atoms with E-state index in [1.165, 1.54) is 0 Å². The van der Waals surface area contributed by atoms with Gasteiger partial charge in [-0.1, -0.05) is 43.0 Å². The van der Waals surface area contributed by atoms with Crippen LogP contribution in [0.5, 0.6) is 0 Å². The van der Waals surface area contributed by atoms with Gasteiger partial charge in [-0.25, -0.2) is 0 Å². The lowest BCUT2D eigenvalue weighted by Gasteiger charge is -2.01. The lowest BCUT2D eigenvalue weighted by Crippen LogP contribution is -2.05. The number of aromatic nitrogens is 1. The molecule has 0 aliphatic carbocycles. The van der Waals surface area contributed by atoms with Gasteiger partial charge in [0.05, 0.1) is 0 Å². The summed E-state index contributed by atoms with van der Waals surface area (Å²) >= 11 is 0. The third-order valence-corrected chi connectivity index (χ3v) is 2.77. The minimum absolute atomic E-state index is 0.0108. The molecule has 0 fully saturated rings. The zero-order valence-corrected chi connectivity index (χ0v) is 10.3. The van der Waals surface area contributed by atoms with E-state index >= 15 is 0 Å². The number of carbonyl (C=O) groups is 1. The molecule has 18 heavy (non-hydrogen) atoms. The maximum absolute atomic E-state index is 11.4. The van der Waals surface area contributed by atoms with Crippen LogP contribution in [0.1, 0.15) is 28.5 Å². The number of hydrogen-bond acceptors (Lipinski definition) is 1. The van der Waals surface area contributed by atoms with Crippen molar-refractivity contribution in [3.05, 3.63) is 66.0 Å². The van der Waals surface area contributed by atoms with Crippen molar-refractivity contribution in [3.8, 4) is 0 Å². The SMILES string of the molecule is C=Cc1ccccc1/C=C\c1cccn1C(C)=O. The number of carbonyl (C=O) groups excluding carboxylic acids is 1. The van der Waals surface area contributed by atoms with E-state index in [9.17, 15) is 4.79 Å². The van der Waals surface area contributed by atoms with E-state index in [0.29, 0.717) is 0 Å². The fourth-order valence-electron chi connectivity index (χ4n) is 1.84. The van der Waals surface area contributed by atoms with Crippen LogP contribution in [-0.2, 0) is 0 Å². The van der Waals surface area contributed by atoms with Gasteiger partial charge in [0, 0.05) is 18.8 Å². The van der Waals surface area contributed by atoms with Crippen molar-refractivity contribution in [2.75, 3.05) is 0 Å². The van der Waals surface area contributed by atoms with Gasteiger partial charge in [-0.3, -0.25) is 9.36 Å². The van der Waals surface area contributed by atoms with Gasteiger partial charge in [-0.05, 0) is 29.3 Å². The summed E-state index contributed by atoms with van der Waals surface area (Å²) in [5.74, 6) is 0.0108. The summed E-state index contributed by atoms with van der Waals surface area (Å²) in [4.78, 5) is 11.4. The molecule has 0 unspecified atom stereocenters. The van der Waals surface area contributed by atoms with Crippen LogP contribution in [0, 0.1) is 0 Å². The Morgan fingerprint density at radius 2 is 1.83 bits per heavy atom. The van der Waals surface area contributed by atoms with Crippen LogP contribution < -0.4 is 0 Å². The van der Waals surface area contributed by atoms with E-state index in [1.54, 1.807) is 17.7 Å². The molecule has 2 nitrogen and oxygen atoms in total. The monoisotopic (exact) mass is 237 g/mol. The molecule has 2 aromatic rings. The smallest absolute Gasteiger partial charge is 0.227 e. The van der Waals surface area contributed by atoms with Crippen LogP contribution in [0.3, 0.4) is 0 Å². The second-order valence-corrected chi connectivity index (χ2v) is 3.99. The first-order valence-electron chi connectivity index (χ1n) is 5.80. The van der Waals surface area contributed by atoms with Gasteiger partial charge in [0.2, 0.25) is 5.91 Å². The Morgan fingerprint density at radius 1 is 1.11 bits per heavy atom. The molecule has 0 aliphatic heterocycles. The average molecular weight is 237 g/mol. The van der Waals surface area contributed by atoms with Gasteiger partial charge in [-0.2, -0.15) is 0 Å². The van der Waals surface area contributed by atoms with Gasteiger partial charge >= 0.3 is 0 Å². The van der Waals surface area contributed by atoms with Gasteiger partial charge < -0.3 is 0 Å². The van der Waals surface area contributed by atoms with Crippen LogP contribution >= 0.6 is 0 Å². The Morgan fingerprint density at radius 3 is 2.50 bits per heavy atom. The van der Waals surface area contributed by atoms with E-state index < -0.39 is 0 Å². The van der Waals surface area contributed by atoms with E-state index in [-0.39, 0.29) is 5.91 Å². The lowest BCUT2D eigenvalue weighted by molar-refractivity contribution is 0.0936. The Hall–Kier alpha value is -2.35. The molecule has 0 atom stereocenters. The fourth-order valence-corrected chi connectivity index (χ4v) is 1.84. The molecule has 2 heteroatoms. The molecule has 0 bridgehead atoms. The number of rotatable bonds is 3. The largest absolute Gasteiger partial charge is 0.288 e. The predicted molar refractivity (Wildman–Crippen MR) is 76.2 cm³/mol. The van der Waals surface area contributed by atoms with Crippen molar-refractivity contribution < 1.29 is 4.79 Å². The molecule has 0 N–H and O–H groups in total. The van der Waals surface area contributed by atoms with E-state index in [4.69, 9.17) is 0 Å². The molecule has 1 aromatic carbocycles. The summed E-state index contributed by atoms with van der Waals surface area (Å²) in [7, 11) is 0.